The lowest BCUT2D eigenvalue weighted by Crippen LogP contribution is -2.56. The fourth-order valence-corrected chi connectivity index (χ4v) is 4.41. The Morgan fingerprint density at radius 2 is 1.96 bits per heavy atom. The first-order valence-electron chi connectivity index (χ1n) is 8.63. The molecule has 2 aliphatic rings. The van der Waals surface area contributed by atoms with Crippen molar-refractivity contribution in [1.29, 1.82) is 5.26 Å². The summed E-state index contributed by atoms with van der Waals surface area (Å²) in [5, 5.41) is 20.7. The van der Waals surface area contributed by atoms with Gasteiger partial charge >= 0.3 is 0 Å². The summed E-state index contributed by atoms with van der Waals surface area (Å²) in [6, 6.07) is 11.0. The maximum Gasteiger partial charge on any atom is 0.114 e. The van der Waals surface area contributed by atoms with Gasteiger partial charge in [-0.3, -0.25) is 9.80 Å². The molecule has 1 N–H and O–H groups in total. The highest BCUT2D eigenvalue weighted by molar-refractivity contribution is 5.30. The van der Waals surface area contributed by atoms with E-state index in [2.05, 4.69) is 35.2 Å². The molecule has 4 nitrogen and oxygen atoms in total. The lowest BCUT2D eigenvalue weighted by Gasteiger charge is -2.46. The number of hydrogen-bond acceptors (Lipinski definition) is 4. The highest BCUT2D eigenvalue weighted by atomic mass is 16.3. The number of rotatable bonds is 4. The molecule has 0 spiro atoms. The Kier molecular flexibility index (Phi) is 4.72. The number of β-amino-alcohol motifs (C(OH)–C–C–N with tert-alkyl or cyclic N) is 1. The largest absolute Gasteiger partial charge is 0.391 e. The van der Waals surface area contributed by atoms with Gasteiger partial charge in [0.2, 0.25) is 0 Å². The van der Waals surface area contributed by atoms with E-state index >= 15 is 0 Å². The van der Waals surface area contributed by atoms with Crippen molar-refractivity contribution in [2.75, 3.05) is 20.6 Å². The van der Waals surface area contributed by atoms with Gasteiger partial charge in [-0.25, -0.2) is 0 Å². The normalized spacial score (nSPS) is 29.3. The molecule has 1 aliphatic heterocycles. The monoisotopic (exact) mass is 313 g/mol. The summed E-state index contributed by atoms with van der Waals surface area (Å²) in [6.45, 7) is 2.46. The molecule has 0 aromatic heterocycles. The van der Waals surface area contributed by atoms with Crippen LogP contribution < -0.4 is 0 Å². The van der Waals surface area contributed by atoms with E-state index < -0.39 is 11.6 Å². The van der Waals surface area contributed by atoms with Crippen molar-refractivity contribution in [1.82, 2.24) is 9.80 Å². The van der Waals surface area contributed by atoms with E-state index in [4.69, 9.17) is 0 Å². The zero-order valence-corrected chi connectivity index (χ0v) is 14.2. The van der Waals surface area contributed by atoms with Gasteiger partial charge in [0, 0.05) is 25.6 Å². The summed E-state index contributed by atoms with van der Waals surface area (Å²) < 4.78 is 0. The zero-order valence-electron chi connectivity index (χ0n) is 14.2. The second-order valence-electron chi connectivity index (χ2n) is 7.29. The van der Waals surface area contributed by atoms with Crippen LogP contribution in [0.5, 0.6) is 0 Å². The van der Waals surface area contributed by atoms with Crippen LogP contribution in [-0.2, 0) is 13.1 Å². The smallest absolute Gasteiger partial charge is 0.114 e. The molecule has 124 valence electrons. The van der Waals surface area contributed by atoms with E-state index in [0.717, 1.165) is 38.8 Å². The molecule has 1 aliphatic carbocycles. The number of nitrogens with zero attached hydrogens (tertiary/aromatic N) is 3. The van der Waals surface area contributed by atoms with Crippen molar-refractivity contribution in [3.63, 3.8) is 0 Å². The van der Waals surface area contributed by atoms with Gasteiger partial charge in [-0.1, -0.05) is 37.1 Å². The topological polar surface area (TPSA) is 50.5 Å². The number of hydrogen-bond donors (Lipinski definition) is 1. The SMILES string of the molecule is CN(C)C1(C#N)CCCCC1C(O)CN1Cc2ccccc2C1. The Morgan fingerprint density at radius 3 is 2.52 bits per heavy atom. The van der Waals surface area contributed by atoms with E-state index in [1.165, 1.54) is 11.1 Å². The molecule has 0 bridgehead atoms. The Bertz CT molecular complexity index is 570. The van der Waals surface area contributed by atoms with Crippen LogP contribution in [0.25, 0.3) is 0 Å². The third-order valence-electron chi connectivity index (χ3n) is 5.74. The van der Waals surface area contributed by atoms with Gasteiger partial charge in [-0.15, -0.1) is 0 Å². The highest BCUT2D eigenvalue weighted by Gasteiger charge is 2.46. The summed E-state index contributed by atoms with van der Waals surface area (Å²) >= 11 is 0. The third kappa shape index (κ3) is 3.01. The quantitative estimate of drug-likeness (QED) is 0.927. The van der Waals surface area contributed by atoms with Crippen LogP contribution in [0, 0.1) is 17.2 Å². The van der Waals surface area contributed by atoms with Crippen molar-refractivity contribution in [3.05, 3.63) is 35.4 Å². The molecule has 1 aromatic carbocycles. The van der Waals surface area contributed by atoms with Crippen molar-refractivity contribution in [2.45, 2.75) is 50.4 Å². The summed E-state index contributed by atoms with van der Waals surface area (Å²) in [4.78, 5) is 4.33. The Balaban J connectivity index is 1.70. The fraction of sp³-hybridized carbons (Fsp3) is 0.632. The van der Waals surface area contributed by atoms with E-state index in [1.54, 1.807) is 0 Å². The van der Waals surface area contributed by atoms with Gasteiger partial charge < -0.3 is 5.11 Å². The fourth-order valence-electron chi connectivity index (χ4n) is 4.41. The van der Waals surface area contributed by atoms with Gasteiger partial charge in [0.05, 0.1) is 12.2 Å². The molecule has 1 aromatic rings. The Labute approximate surface area is 139 Å². The summed E-state index contributed by atoms with van der Waals surface area (Å²) in [5.74, 6) is 0.0277. The first kappa shape index (κ1) is 16.4. The van der Waals surface area contributed by atoms with E-state index in [1.807, 2.05) is 19.0 Å². The minimum atomic E-state index is -0.524. The van der Waals surface area contributed by atoms with Gasteiger partial charge in [0.15, 0.2) is 0 Å². The van der Waals surface area contributed by atoms with Crippen LogP contribution in [0.15, 0.2) is 24.3 Å². The van der Waals surface area contributed by atoms with Crippen molar-refractivity contribution in [3.8, 4) is 6.07 Å². The van der Waals surface area contributed by atoms with Crippen LogP contribution in [0.2, 0.25) is 0 Å². The molecule has 0 amide bonds. The molecule has 3 atom stereocenters. The molecule has 4 heteroatoms. The van der Waals surface area contributed by atoms with Gasteiger partial charge in [-0.2, -0.15) is 5.26 Å². The summed E-state index contributed by atoms with van der Waals surface area (Å²) in [5.41, 5.74) is 2.20. The standard InChI is InChI=1S/C19H27N3O/c1-21(2)19(14-20)10-6-5-9-17(19)18(23)13-22-11-15-7-3-4-8-16(15)12-22/h3-4,7-8,17-18,23H,5-6,9-13H2,1-2H3. The summed E-state index contributed by atoms with van der Waals surface area (Å²) in [6.07, 6.45) is 3.53. The van der Waals surface area contributed by atoms with Crippen molar-refractivity contribution >= 4 is 0 Å². The maximum atomic E-state index is 10.9. The van der Waals surface area contributed by atoms with E-state index in [0.29, 0.717) is 6.54 Å². The average Bonchev–Trinajstić information content (AvgIpc) is 2.96. The minimum Gasteiger partial charge on any atom is -0.391 e. The molecule has 23 heavy (non-hydrogen) atoms. The molecule has 3 rings (SSSR count). The molecular formula is C19H27N3O. The van der Waals surface area contributed by atoms with Crippen LogP contribution in [0.3, 0.4) is 0 Å². The van der Waals surface area contributed by atoms with Gasteiger partial charge in [0.1, 0.15) is 5.54 Å². The van der Waals surface area contributed by atoms with Crippen LogP contribution >= 0.6 is 0 Å². The molecule has 1 fully saturated rings. The van der Waals surface area contributed by atoms with Crippen LogP contribution in [0.1, 0.15) is 36.8 Å². The zero-order chi connectivity index (χ0) is 16.4. The van der Waals surface area contributed by atoms with Gasteiger partial charge in [0.25, 0.3) is 0 Å². The summed E-state index contributed by atoms with van der Waals surface area (Å²) in [7, 11) is 3.94. The van der Waals surface area contributed by atoms with Crippen LogP contribution in [-0.4, -0.2) is 47.2 Å². The minimum absolute atomic E-state index is 0.0277. The third-order valence-corrected chi connectivity index (χ3v) is 5.74. The number of benzene rings is 1. The number of aliphatic hydroxyl groups excluding tert-OH is 1. The first-order valence-corrected chi connectivity index (χ1v) is 8.63. The number of nitriles is 1. The second-order valence-corrected chi connectivity index (χ2v) is 7.29. The molecule has 0 radical (unpaired) electrons. The average molecular weight is 313 g/mol. The van der Waals surface area contributed by atoms with Crippen molar-refractivity contribution in [2.24, 2.45) is 5.92 Å². The predicted molar refractivity (Wildman–Crippen MR) is 90.6 cm³/mol. The van der Waals surface area contributed by atoms with E-state index in [9.17, 15) is 10.4 Å². The highest BCUT2D eigenvalue weighted by Crippen LogP contribution is 2.39. The molecule has 1 saturated carbocycles. The molecule has 3 unspecified atom stereocenters. The molecule has 0 saturated heterocycles. The lowest BCUT2D eigenvalue weighted by molar-refractivity contribution is -0.0225. The number of aliphatic hydroxyl groups is 1. The van der Waals surface area contributed by atoms with Crippen LogP contribution in [0.4, 0.5) is 0 Å². The second kappa shape index (κ2) is 6.60. The number of fused-ring (bicyclic) bond motifs is 1. The predicted octanol–water partition coefficient (Wildman–Crippen LogP) is 2.38. The van der Waals surface area contributed by atoms with Gasteiger partial charge in [-0.05, 0) is 38.1 Å². The Hall–Kier alpha value is -1.41. The molecule has 1 heterocycles. The maximum absolute atomic E-state index is 10.9. The first-order chi connectivity index (χ1) is 11.1. The van der Waals surface area contributed by atoms with E-state index in [-0.39, 0.29) is 5.92 Å². The lowest BCUT2D eigenvalue weighted by atomic mass is 9.70. The molecular weight excluding hydrogens is 286 g/mol. The van der Waals surface area contributed by atoms with Crippen molar-refractivity contribution < 1.29 is 5.11 Å². The Morgan fingerprint density at radius 1 is 1.30 bits per heavy atom.